The van der Waals surface area contributed by atoms with Gasteiger partial charge in [-0.3, -0.25) is 4.79 Å². The number of hydrogen-bond acceptors (Lipinski definition) is 2. The van der Waals surface area contributed by atoms with E-state index in [-0.39, 0.29) is 11.8 Å². The lowest BCUT2D eigenvalue weighted by molar-refractivity contribution is -0.117. The van der Waals surface area contributed by atoms with E-state index in [1.165, 1.54) is 0 Å². The van der Waals surface area contributed by atoms with Crippen molar-refractivity contribution in [3.05, 3.63) is 59.1 Å². The smallest absolute Gasteiger partial charge is 0.233 e. The van der Waals surface area contributed by atoms with Crippen molar-refractivity contribution in [3.8, 4) is 0 Å². The molecular formula is C15H13ClN2O. The first-order valence-corrected chi connectivity index (χ1v) is 6.51. The first-order chi connectivity index (χ1) is 9.25. The van der Waals surface area contributed by atoms with Crippen molar-refractivity contribution in [2.45, 2.75) is 5.92 Å². The molecule has 19 heavy (non-hydrogen) atoms. The number of amides is 1. The Morgan fingerprint density at radius 3 is 2.63 bits per heavy atom. The zero-order valence-electron chi connectivity index (χ0n) is 10.2. The van der Waals surface area contributed by atoms with Crippen molar-refractivity contribution in [1.29, 1.82) is 0 Å². The molecule has 3 rings (SSSR count). The van der Waals surface area contributed by atoms with Gasteiger partial charge in [0.25, 0.3) is 0 Å². The highest BCUT2D eigenvalue weighted by molar-refractivity contribution is 6.34. The topological polar surface area (TPSA) is 41.1 Å². The molecule has 1 amide bonds. The highest BCUT2D eigenvalue weighted by atomic mass is 35.5. The fourth-order valence-corrected chi connectivity index (χ4v) is 2.52. The predicted octanol–water partition coefficient (Wildman–Crippen LogP) is 3.49. The van der Waals surface area contributed by atoms with Crippen LogP contribution in [0.25, 0.3) is 0 Å². The average Bonchev–Trinajstić information content (AvgIpc) is 2.59. The maximum Gasteiger partial charge on any atom is 0.233 e. The zero-order valence-corrected chi connectivity index (χ0v) is 10.9. The highest BCUT2D eigenvalue weighted by Crippen LogP contribution is 2.34. The van der Waals surface area contributed by atoms with Gasteiger partial charge in [0.2, 0.25) is 5.91 Å². The second-order valence-corrected chi connectivity index (χ2v) is 4.90. The van der Waals surface area contributed by atoms with Crippen molar-refractivity contribution in [1.82, 2.24) is 0 Å². The van der Waals surface area contributed by atoms with Crippen LogP contribution in [-0.4, -0.2) is 12.5 Å². The number of benzene rings is 2. The highest BCUT2D eigenvalue weighted by Gasteiger charge is 2.25. The van der Waals surface area contributed by atoms with Gasteiger partial charge in [-0.05, 0) is 17.7 Å². The van der Waals surface area contributed by atoms with Crippen LogP contribution < -0.4 is 10.6 Å². The van der Waals surface area contributed by atoms with Crippen molar-refractivity contribution in [2.24, 2.45) is 0 Å². The lowest BCUT2D eigenvalue weighted by Gasteiger charge is -2.13. The monoisotopic (exact) mass is 272 g/mol. The zero-order chi connectivity index (χ0) is 13.2. The molecule has 1 heterocycles. The largest absolute Gasteiger partial charge is 0.381 e. The maximum absolute atomic E-state index is 12.3. The van der Waals surface area contributed by atoms with E-state index in [4.69, 9.17) is 11.6 Å². The molecule has 1 aliphatic rings. The van der Waals surface area contributed by atoms with Gasteiger partial charge in [-0.2, -0.15) is 0 Å². The molecule has 0 saturated heterocycles. The molecule has 2 aromatic rings. The van der Waals surface area contributed by atoms with Crippen LogP contribution in [0, 0.1) is 0 Å². The quantitative estimate of drug-likeness (QED) is 0.834. The molecule has 4 heteroatoms. The van der Waals surface area contributed by atoms with Crippen molar-refractivity contribution in [2.75, 3.05) is 17.2 Å². The maximum atomic E-state index is 12.3. The SMILES string of the molecule is O=C1Nc2cccc(Cl)c2NCC1c1ccccc1. The fraction of sp³-hybridized carbons (Fsp3) is 0.133. The molecule has 0 radical (unpaired) electrons. The number of hydrogen-bond donors (Lipinski definition) is 2. The van der Waals surface area contributed by atoms with Crippen LogP contribution in [0.15, 0.2) is 48.5 Å². The van der Waals surface area contributed by atoms with E-state index in [1.54, 1.807) is 0 Å². The van der Waals surface area contributed by atoms with Gasteiger partial charge < -0.3 is 10.6 Å². The van der Waals surface area contributed by atoms with Gasteiger partial charge >= 0.3 is 0 Å². The summed E-state index contributed by atoms with van der Waals surface area (Å²) in [5.41, 5.74) is 2.52. The molecule has 3 nitrogen and oxygen atoms in total. The Labute approximate surface area is 116 Å². The molecule has 1 unspecified atom stereocenters. The van der Waals surface area contributed by atoms with E-state index in [0.29, 0.717) is 11.6 Å². The molecule has 2 N–H and O–H groups in total. The summed E-state index contributed by atoms with van der Waals surface area (Å²) < 4.78 is 0. The van der Waals surface area contributed by atoms with Crippen molar-refractivity contribution in [3.63, 3.8) is 0 Å². The summed E-state index contributed by atoms with van der Waals surface area (Å²) in [5, 5.41) is 6.80. The fourth-order valence-electron chi connectivity index (χ4n) is 2.28. The molecule has 0 aromatic heterocycles. The lowest BCUT2D eigenvalue weighted by Crippen LogP contribution is -2.23. The number of nitrogens with one attached hydrogen (secondary N) is 2. The first kappa shape index (κ1) is 12.1. The van der Waals surface area contributed by atoms with Gasteiger partial charge in [0, 0.05) is 6.54 Å². The van der Waals surface area contributed by atoms with Gasteiger partial charge in [0.05, 0.1) is 22.3 Å². The Morgan fingerprint density at radius 2 is 1.84 bits per heavy atom. The van der Waals surface area contributed by atoms with Crippen molar-refractivity contribution >= 4 is 28.9 Å². The van der Waals surface area contributed by atoms with E-state index in [2.05, 4.69) is 10.6 Å². The Morgan fingerprint density at radius 1 is 1.05 bits per heavy atom. The second-order valence-electron chi connectivity index (χ2n) is 4.50. The minimum Gasteiger partial charge on any atom is -0.381 e. The summed E-state index contributed by atoms with van der Waals surface area (Å²) in [6.45, 7) is 0.534. The first-order valence-electron chi connectivity index (χ1n) is 6.14. The number of halogens is 1. The van der Waals surface area contributed by atoms with E-state index in [1.807, 2.05) is 48.5 Å². The normalized spacial score (nSPS) is 17.9. The molecule has 1 aliphatic heterocycles. The van der Waals surface area contributed by atoms with Crippen LogP contribution in [0.3, 0.4) is 0 Å². The van der Waals surface area contributed by atoms with E-state index >= 15 is 0 Å². The number of fused-ring (bicyclic) bond motifs is 1. The summed E-state index contributed by atoms with van der Waals surface area (Å²) in [6, 6.07) is 15.2. The van der Waals surface area contributed by atoms with Crippen LogP contribution >= 0.6 is 11.6 Å². The van der Waals surface area contributed by atoms with Crippen LogP contribution in [0.4, 0.5) is 11.4 Å². The van der Waals surface area contributed by atoms with Gasteiger partial charge in [-0.1, -0.05) is 48.0 Å². The van der Waals surface area contributed by atoms with Crippen molar-refractivity contribution < 1.29 is 4.79 Å². The van der Waals surface area contributed by atoms with Crippen LogP contribution in [0.1, 0.15) is 11.5 Å². The number of carbonyl (C=O) groups excluding carboxylic acids is 1. The lowest BCUT2D eigenvalue weighted by atomic mass is 9.98. The minimum absolute atomic E-state index is 0.0142. The number of carbonyl (C=O) groups is 1. The molecule has 2 aromatic carbocycles. The van der Waals surface area contributed by atoms with Gasteiger partial charge in [-0.25, -0.2) is 0 Å². The molecule has 0 bridgehead atoms. The van der Waals surface area contributed by atoms with Crippen LogP contribution in [0.5, 0.6) is 0 Å². The molecule has 0 aliphatic carbocycles. The molecule has 0 fully saturated rings. The van der Waals surface area contributed by atoms with E-state index in [0.717, 1.165) is 16.9 Å². The third-order valence-corrected chi connectivity index (χ3v) is 3.59. The predicted molar refractivity (Wildman–Crippen MR) is 77.8 cm³/mol. The Kier molecular flexibility index (Phi) is 3.13. The molecule has 0 spiro atoms. The molecule has 0 saturated carbocycles. The van der Waals surface area contributed by atoms with Gasteiger partial charge in [-0.15, -0.1) is 0 Å². The summed E-state index contributed by atoms with van der Waals surface area (Å²) in [5.74, 6) is -0.232. The summed E-state index contributed by atoms with van der Waals surface area (Å²) in [4.78, 5) is 12.3. The standard InChI is InChI=1S/C15H13ClN2O/c16-12-7-4-8-13-14(12)17-9-11(15(19)18-13)10-5-2-1-3-6-10/h1-8,11,17H,9H2,(H,18,19). The average molecular weight is 273 g/mol. The number of para-hydroxylation sites is 1. The summed E-state index contributed by atoms with van der Waals surface area (Å²) in [6.07, 6.45) is 0. The van der Waals surface area contributed by atoms with Crippen LogP contribution in [-0.2, 0) is 4.79 Å². The third-order valence-electron chi connectivity index (χ3n) is 3.27. The van der Waals surface area contributed by atoms with E-state index < -0.39 is 0 Å². The second kappa shape index (κ2) is 4.94. The van der Waals surface area contributed by atoms with Gasteiger partial charge in [0.15, 0.2) is 0 Å². The summed E-state index contributed by atoms with van der Waals surface area (Å²) in [7, 11) is 0. The van der Waals surface area contributed by atoms with Crippen LogP contribution in [0.2, 0.25) is 5.02 Å². The number of rotatable bonds is 1. The minimum atomic E-state index is -0.218. The molecule has 1 atom stereocenters. The number of anilines is 2. The van der Waals surface area contributed by atoms with Gasteiger partial charge in [0.1, 0.15) is 0 Å². The van der Waals surface area contributed by atoms with E-state index in [9.17, 15) is 4.79 Å². The molecule has 96 valence electrons. The summed E-state index contributed by atoms with van der Waals surface area (Å²) >= 11 is 6.14. The molecular weight excluding hydrogens is 260 g/mol. The Balaban J connectivity index is 1.95. The third kappa shape index (κ3) is 2.29. The Hall–Kier alpha value is -2.00. The Bertz CT molecular complexity index is 613.